The van der Waals surface area contributed by atoms with Gasteiger partial charge in [0.05, 0.1) is 19.8 Å². The van der Waals surface area contributed by atoms with Crippen molar-refractivity contribution in [2.24, 2.45) is 0 Å². The minimum Gasteiger partial charge on any atom is -0.378 e. The molecule has 2 amide bonds. The molecule has 1 aliphatic rings. The van der Waals surface area contributed by atoms with Gasteiger partial charge in [0.2, 0.25) is 5.91 Å². The number of nitrogens with zero attached hydrogens (tertiary/aromatic N) is 1. The predicted molar refractivity (Wildman–Crippen MR) is 89.6 cm³/mol. The summed E-state index contributed by atoms with van der Waals surface area (Å²) in [6.07, 6.45) is 2.02. The van der Waals surface area contributed by atoms with E-state index in [0.717, 1.165) is 18.5 Å². The predicted octanol–water partition coefficient (Wildman–Crippen LogP) is 1.49. The van der Waals surface area contributed by atoms with Crippen molar-refractivity contribution in [1.82, 2.24) is 10.2 Å². The summed E-state index contributed by atoms with van der Waals surface area (Å²) in [5, 5.41) is 5.98. The highest BCUT2D eigenvalue weighted by Gasteiger charge is 2.16. The van der Waals surface area contributed by atoms with E-state index in [2.05, 4.69) is 17.6 Å². The standard InChI is InChI=1S/C17H25N3O3/c1-2-3-7-18-17(22)14-5-4-6-15(12-14)19-13-16(21)20-8-10-23-11-9-20/h4-6,12,19H,2-3,7-11,13H2,1H3,(H,18,22). The number of carbonyl (C=O) groups excluding carboxylic acids is 2. The highest BCUT2D eigenvalue weighted by molar-refractivity contribution is 5.95. The van der Waals surface area contributed by atoms with Crippen LogP contribution >= 0.6 is 0 Å². The van der Waals surface area contributed by atoms with Crippen molar-refractivity contribution in [3.8, 4) is 0 Å². The number of rotatable bonds is 7. The first-order chi connectivity index (χ1) is 11.2. The monoisotopic (exact) mass is 319 g/mol. The highest BCUT2D eigenvalue weighted by Crippen LogP contribution is 2.11. The van der Waals surface area contributed by atoms with Crippen molar-refractivity contribution in [3.63, 3.8) is 0 Å². The Hall–Kier alpha value is -2.08. The van der Waals surface area contributed by atoms with Crippen LogP contribution in [0.4, 0.5) is 5.69 Å². The zero-order valence-electron chi connectivity index (χ0n) is 13.6. The molecule has 1 aromatic rings. The molecule has 0 aromatic heterocycles. The fourth-order valence-electron chi connectivity index (χ4n) is 2.35. The van der Waals surface area contributed by atoms with E-state index in [9.17, 15) is 9.59 Å². The molecule has 0 atom stereocenters. The SMILES string of the molecule is CCCCNC(=O)c1cccc(NCC(=O)N2CCOCC2)c1. The van der Waals surface area contributed by atoms with E-state index in [0.29, 0.717) is 38.4 Å². The molecular weight excluding hydrogens is 294 g/mol. The molecular formula is C17H25N3O3. The molecule has 1 saturated heterocycles. The maximum atomic E-state index is 12.1. The van der Waals surface area contributed by atoms with Crippen LogP contribution in [0.2, 0.25) is 0 Å². The van der Waals surface area contributed by atoms with E-state index < -0.39 is 0 Å². The fraction of sp³-hybridized carbons (Fsp3) is 0.529. The number of hydrogen-bond donors (Lipinski definition) is 2. The summed E-state index contributed by atoms with van der Waals surface area (Å²) in [4.78, 5) is 25.9. The number of morpholine rings is 1. The van der Waals surface area contributed by atoms with Crippen molar-refractivity contribution in [1.29, 1.82) is 0 Å². The second-order valence-corrected chi connectivity index (χ2v) is 5.54. The number of nitrogens with one attached hydrogen (secondary N) is 2. The molecule has 2 rings (SSSR count). The van der Waals surface area contributed by atoms with Crippen LogP contribution in [0.5, 0.6) is 0 Å². The number of ether oxygens (including phenoxy) is 1. The van der Waals surface area contributed by atoms with E-state index in [-0.39, 0.29) is 18.4 Å². The van der Waals surface area contributed by atoms with Crippen LogP contribution in [0.1, 0.15) is 30.1 Å². The van der Waals surface area contributed by atoms with Gasteiger partial charge in [-0.2, -0.15) is 0 Å². The zero-order valence-corrected chi connectivity index (χ0v) is 13.6. The lowest BCUT2D eigenvalue weighted by Gasteiger charge is -2.27. The Morgan fingerprint density at radius 1 is 1.26 bits per heavy atom. The number of benzene rings is 1. The van der Waals surface area contributed by atoms with Gasteiger partial charge in [-0.25, -0.2) is 0 Å². The summed E-state index contributed by atoms with van der Waals surface area (Å²) in [5.41, 5.74) is 1.37. The molecule has 6 heteroatoms. The Bertz CT molecular complexity index is 528. The van der Waals surface area contributed by atoms with Gasteiger partial charge in [0.25, 0.3) is 5.91 Å². The normalized spacial score (nSPS) is 14.4. The average molecular weight is 319 g/mol. The number of anilines is 1. The Balaban J connectivity index is 1.84. The average Bonchev–Trinajstić information content (AvgIpc) is 2.61. The van der Waals surface area contributed by atoms with E-state index in [1.54, 1.807) is 17.0 Å². The molecule has 0 radical (unpaired) electrons. The smallest absolute Gasteiger partial charge is 0.251 e. The first-order valence-corrected chi connectivity index (χ1v) is 8.18. The molecule has 2 N–H and O–H groups in total. The van der Waals surface area contributed by atoms with Gasteiger partial charge in [0, 0.05) is 30.9 Å². The number of hydrogen-bond acceptors (Lipinski definition) is 4. The Labute approximate surface area is 137 Å². The zero-order chi connectivity index (χ0) is 16.5. The van der Waals surface area contributed by atoms with E-state index >= 15 is 0 Å². The van der Waals surface area contributed by atoms with Crippen LogP contribution in [-0.4, -0.2) is 56.1 Å². The molecule has 0 unspecified atom stereocenters. The molecule has 0 saturated carbocycles. The van der Waals surface area contributed by atoms with E-state index in [1.165, 1.54) is 0 Å². The number of amides is 2. The van der Waals surface area contributed by atoms with Crippen LogP contribution in [0, 0.1) is 0 Å². The van der Waals surface area contributed by atoms with Gasteiger partial charge < -0.3 is 20.3 Å². The summed E-state index contributed by atoms with van der Waals surface area (Å²) in [6.45, 7) is 5.46. The van der Waals surface area contributed by atoms with E-state index in [1.807, 2.05) is 12.1 Å². The molecule has 0 spiro atoms. The van der Waals surface area contributed by atoms with Crippen molar-refractivity contribution in [2.45, 2.75) is 19.8 Å². The van der Waals surface area contributed by atoms with Gasteiger partial charge in [-0.3, -0.25) is 9.59 Å². The van der Waals surface area contributed by atoms with Crippen molar-refractivity contribution in [3.05, 3.63) is 29.8 Å². The summed E-state index contributed by atoms with van der Waals surface area (Å²) < 4.78 is 5.24. The lowest BCUT2D eigenvalue weighted by Crippen LogP contribution is -2.43. The third kappa shape index (κ3) is 5.56. The Morgan fingerprint density at radius 2 is 2.04 bits per heavy atom. The van der Waals surface area contributed by atoms with Gasteiger partial charge >= 0.3 is 0 Å². The van der Waals surface area contributed by atoms with Gasteiger partial charge in [-0.1, -0.05) is 19.4 Å². The molecule has 1 aliphatic heterocycles. The maximum Gasteiger partial charge on any atom is 0.251 e. The lowest BCUT2D eigenvalue weighted by molar-refractivity contribution is -0.133. The largest absolute Gasteiger partial charge is 0.378 e. The third-order valence-electron chi connectivity index (χ3n) is 3.75. The van der Waals surface area contributed by atoms with Crippen molar-refractivity contribution < 1.29 is 14.3 Å². The molecule has 1 heterocycles. The summed E-state index contributed by atoms with van der Waals surface area (Å²) in [5.74, 6) is -0.0345. The molecule has 0 aliphatic carbocycles. The number of unbranched alkanes of at least 4 members (excludes halogenated alkanes) is 1. The topological polar surface area (TPSA) is 70.7 Å². The van der Waals surface area contributed by atoms with Crippen molar-refractivity contribution >= 4 is 17.5 Å². The minimum atomic E-state index is -0.0818. The molecule has 1 fully saturated rings. The first kappa shape index (κ1) is 17.3. The molecule has 6 nitrogen and oxygen atoms in total. The molecule has 126 valence electrons. The lowest BCUT2D eigenvalue weighted by atomic mass is 10.2. The molecule has 1 aromatic carbocycles. The number of carbonyl (C=O) groups is 2. The van der Waals surface area contributed by atoms with Crippen molar-refractivity contribution in [2.75, 3.05) is 44.7 Å². The summed E-state index contributed by atoms with van der Waals surface area (Å²) in [6, 6.07) is 7.22. The van der Waals surface area contributed by atoms with Crippen LogP contribution in [0.25, 0.3) is 0 Å². The van der Waals surface area contributed by atoms with Crippen LogP contribution in [0.15, 0.2) is 24.3 Å². The van der Waals surface area contributed by atoms with Crippen LogP contribution < -0.4 is 10.6 Å². The van der Waals surface area contributed by atoms with Crippen LogP contribution in [0.3, 0.4) is 0 Å². The third-order valence-corrected chi connectivity index (χ3v) is 3.75. The highest BCUT2D eigenvalue weighted by atomic mass is 16.5. The van der Waals surface area contributed by atoms with Gasteiger partial charge in [-0.05, 0) is 24.6 Å². The quantitative estimate of drug-likeness (QED) is 0.747. The maximum absolute atomic E-state index is 12.1. The van der Waals surface area contributed by atoms with E-state index in [4.69, 9.17) is 4.74 Å². The second-order valence-electron chi connectivity index (χ2n) is 5.54. The molecule has 0 bridgehead atoms. The fourth-order valence-corrected chi connectivity index (χ4v) is 2.35. The second kappa shape index (κ2) is 9.15. The first-order valence-electron chi connectivity index (χ1n) is 8.18. The minimum absolute atomic E-state index is 0.0473. The van der Waals surface area contributed by atoms with Gasteiger partial charge in [-0.15, -0.1) is 0 Å². The van der Waals surface area contributed by atoms with Gasteiger partial charge in [0.15, 0.2) is 0 Å². The summed E-state index contributed by atoms with van der Waals surface area (Å²) >= 11 is 0. The van der Waals surface area contributed by atoms with Gasteiger partial charge in [0.1, 0.15) is 0 Å². The molecule has 23 heavy (non-hydrogen) atoms. The Morgan fingerprint density at radius 3 is 2.78 bits per heavy atom. The Kier molecular flexibility index (Phi) is 6.87. The van der Waals surface area contributed by atoms with Crippen LogP contribution in [-0.2, 0) is 9.53 Å². The summed E-state index contributed by atoms with van der Waals surface area (Å²) in [7, 11) is 0.